The van der Waals surface area contributed by atoms with Crippen molar-refractivity contribution in [2.45, 2.75) is 38.9 Å². The van der Waals surface area contributed by atoms with Crippen LogP contribution >= 0.6 is 0 Å². The average Bonchev–Trinajstić information content (AvgIpc) is 3.01. The van der Waals surface area contributed by atoms with Crippen LogP contribution in [0, 0.1) is 5.41 Å². The third kappa shape index (κ3) is 2.18. The molecular formula is C11H15F2NO3. The molecule has 0 unspecified atom stereocenters. The van der Waals surface area contributed by atoms with Gasteiger partial charge in [-0.05, 0) is 12.8 Å². The summed E-state index contributed by atoms with van der Waals surface area (Å²) in [4.78, 5) is 25.1. The van der Waals surface area contributed by atoms with Gasteiger partial charge in [-0.2, -0.15) is 8.78 Å². The molecule has 0 radical (unpaired) electrons. The predicted molar refractivity (Wildman–Crippen MR) is 54.4 cm³/mol. The minimum absolute atomic E-state index is 0.0410. The SMILES string of the molecule is CCC(=O)C1(C(=O)N2CC(OC(F)F)C2)CC1. The van der Waals surface area contributed by atoms with Crippen molar-refractivity contribution in [3.8, 4) is 0 Å². The van der Waals surface area contributed by atoms with Crippen LogP contribution in [0.5, 0.6) is 0 Å². The number of alkyl halides is 2. The fraction of sp³-hybridized carbons (Fsp3) is 0.818. The number of hydrogen-bond acceptors (Lipinski definition) is 3. The summed E-state index contributed by atoms with van der Waals surface area (Å²) in [7, 11) is 0. The lowest BCUT2D eigenvalue weighted by molar-refractivity contribution is -0.200. The summed E-state index contributed by atoms with van der Waals surface area (Å²) in [6.45, 7) is -0.734. The molecule has 1 saturated heterocycles. The van der Waals surface area contributed by atoms with Crippen LogP contribution < -0.4 is 0 Å². The van der Waals surface area contributed by atoms with Crippen molar-refractivity contribution >= 4 is 11.7 Å². The second-order valence-corrected chi connectivity index (χ2v) is 4.59. The van der Waals surface area contributed by atoms with Gasteiger partial charge < -0.3 is 9.64 Å². The maximum atomic E-state index is 12.0. The number of carbonyl (C=O) groups excluding carboxylic acids is 2. The van der Waals surface area contributed by atoms with Gasteiger partial charge in [0.15, 0.2) is 0 Å². The molecule has 2 aliphatic rings. The van der Waals surface area contributed by atoms with Crippen LogP contribution in [0.1, 0.15) is 26.2 Å². The Morgan fingerprint density at radius 3 is 2.41 bits per heavy atom. The zero-order valence-corrected chi connectivity index (χ0v) is 9.62. The highest BCUT2D eigenvalue weighted by molar-refractivity contribution is 6.08. The van der Waals surface area contributed by atoms with Gasteiger partial charge in [-0.25, -0.2) is 0 Å². The highest BCUT2D eigenvalue weighted by atomic mass is 19.3. The van der Waals surface area contributed by atoms with Crippen molar-refractivity contribution in [3.63, 3.8) is 0 Å². The number of nitrogens with zero attached hydrogens (tertiary/aromatic N) is 1. The number of Topliss-reactive ketones (excluding diaryl/α,β-unsaturated/α-hetero) is 1. The number of halogens is 2. The number of ether oxygens (including phenoxy) is 1. The molecule has 17 heavy (non-hydrogen) atoms. The monoisotopic (exact) mass is 247 g/mol. The highest BCUT2D eigenvalue weighted by Crippen LogP contribution is 2.49. The maximum Gasteiger partial charge on any atom is 0.345 e. The van der Waals surface area contributed by atoms with Crippen LogP contribution in [-0.2, 0) is 14.3 Å². The summed E-state index contributed by atoms with van der Waals surface area (Å²) in [5.74, 6) is -0.251. The number of likely N-dealkylation sites (tertiary alicyclic amines) is 1. The zero-order valence-electron chi connectivity index (χ0n) is 9.62. The summed E-state index contributed by atoms with van der Waals surface area (Å²) >= 11 is 0. The van der Waals surface area contributed by atoms with E-state index in [1.807, 2.05) is 0 Å². The van der Waals surface area contributed by atoms with Gasteiger partial charge in [-0.3, -0.25) is 9.59 Å². The third-order valence-electron chi connectivity index (χ3n) is 3.44. The van der Waals surface area contributed by atoms with Crippen LogP contribution in [0.25, 0.3) is 0 Å². The van der Waals surface area contributed by atoms with Crippen molar-refractivity contribution in [1.29, 1.82) is 0 Å². The fourth-order valence-corrected chi connectivity index (χ4v) is 2.21. The largest absolute Gasteiger partial charge is 0.345 e. The molecule has 0 N–H and O–H groups in total. The average molecular weight is 247 g/mol. The molecule has 0 aromatic heterocycles. The standard InChI is InChI=1S/C11H15F2NO3/c1-2-8(15)11(3-4-11)9(16)14-5-7(6-14)17-10(12)13/h7,10H,2-6H2,1H3. The van der Waals surface area contributed by atoms with Crippen molar-refractivity contribution in [2.75, 3.05) is 13.1 Å². The smallest absolute Gasteiger partial charge is 0.336 e. The van der Waals surface area contributed by atoms with Gasteiger partial charge in [0.25, 0.3) is 0 Å². The maximum absolute atomic E-state index is 12.0. The molecular weight excluding hydrogens is 232 g/mol. The lowest BCUT2D eigenvalue weighted by Gasteiger charge is -2.40. The number of carbonyl (C=O) groups is 2. The predicted octanol–water partition coefficient (Wildman–Crippen LogP) is 1.20. The first-order valence-electron chi connectivity index (χ1n) is 5.76. The van der Waals surface area contributed by atoms with Gasteiger partial charge in [-0.15, -0.1) is 0 Å². The molecule has 0 bridgehead atoms. The van der Waals surface area contributed by atoms with E-state index in [0.717, 1.165) is 0 Å². The molecule has 0 aromatic rings. The highest BCUT2D eigenvalue weighted by Gasteiger charge is 2.58. The Bertz CT molecular complexity index is 336. The van der Waals surface area contributed by atoms with Gasteiger partial charge in [0, 0.05) is 19.5 Å². The molecule has 1 aliphatic carbocycles. The van der Waals surface area contributed by atoms with E-state index in [2.05, 4.69) is 4.74 Å². The Morgan fingerprint density at radius 2 is 2.00 bits per heavy atom. The molecule has 6 heteroatoms. The Kier molecular flexibility index (Phi) is 3.16. The number of hydrogen-bond donors (Lipinski definition) is 0. The van der Waals surface area contributed by atoms with Crippen molar-refractivity contribution in [1.82, 2.24) is 4.90 Å². The molecule has 1 amide bonds. The van der Waals surface area contributed by atoms with Crippen LogP contribution in [0.3, 0.4) is 0 Å². The molecule has 2 fully saturated rings. The van der Waals surface area contributed by atoms with E-state index < -0.39 is 18.1 Å². The van der Waals surface area contributed by atoms with E-state index in [1.165, 1.54) is 4.90 Å². The molecule has 0 spiro atoms. The third-order valence-corrected chi connectivity index (χ3v) is 3.44. The minimum atomic E-state index is -2.80. The Labute approximate surface area is 97.9 Å². The van der Waals surface area contributed by atoms with E-state index in [9.17, 15) is 18.4 Å². The number of rotatable bonds is 5. The number of amides is 1. The molecule has 4 nitrogen and oxygen atoms in total. The fourth-order valence-electron chi connectivity index (χ4n) is 2.21. The summed E-state index contributed by atoms with van der Waals surface area (Å²) in [6.07, 6.45) is 0.938. The minimum Gasteiger partial charge on any atom is -0.336 e. The van der Waals surface area contributed by atoms with Gasteiger partial charge in [0.2, 0.25) is 5.91 Å². The summed E-state index contributed by atoms with van der Waals surface area (Å²) < 4.78 is 28.0. The summed E-state index contributed by atoms with van der Waals surface area (Å²) in [5.41, 5.74) is -0.829. The molecule has 0 atom stereocenters. The van der Waals surface area contributed by atoms with Crippen LogP contribution in [-0.4, -0.2) is 42.4 Å². The topological polar surface area (TPSA) is 46.6 Å². The van der Waals surface area contributed by atoms with E-state index in [0.29, 0.717) is 19.3 Å². The zero-order chi connectivity index (χ0) is 12.6. The molecule has 2 rings (SSSR count). The van der Waals surface area contributed by atoms with Gasteiger partial charge in [0.05, 0.1) is 6.10 Å². The first-order valence-corrected chi connectivity index (χ1v) is 5.76. The van der Waals surface area contributed by atoms with E-state index >= 15 is 0 Å². The van der Waals surface area contributed by atoms with E-state index in [-0.39, 0.29) is 24.8 Å². The molecule has 1 aliphatic heterocycles. The Morgan fingerprint density at radius 1 is 1.41 bits per heavy atom. The van der Waals surface area contributed by atoms with Crippen LogP contribution in [0.4, 0.5) is 8.78 Å². The van der Waals surface area contributed by atoms with E-state index in [4.69, 9.17) is 0 Å². The van der Waals surface area contributed by atoms with Crippen LogP contribution in [0.15, 0.2) is 0 Å². The summed E-state index contributed by atoms with van der Waals surface area (Å²) in [5, 5.41) is 0. The van der Waals surface area contributed by atoms with Crippen molar-refractivity contribution in [2.24, 2.45) is 5.41 Å². The van der Waals surface area contributed by atoms with Crippen molar-refractivity contribution < 1.29 is 23.1 Å². The van der Waals surface area contributed by atoms with Crippen LogP contribution in [0.2, 0.25) is 0 Å². The van der Waals surface area contributed by atoms with Gasteiger partial charge >= 0.3 is 6.61 Å². The molecule has 1 saturated carbocycles. The van der Waals surface area contributed by atoms with Gasteiger partial charge in [-0.1, -0.05) is 6.92 Å². The first-order chi connectivity index (χ1) is 7.99. The second kappa shape index (κ2) is 4.33. The molecule has 0 aromatic carbocycles. The first kappa shape index (κ1) is 12.4. The Hall–Kier alpha value is -1.04. The molecule has 96 valence electrons. The summed E-state index contributed by atoms with van der Waals surface area (Å²) in [6, 6.07) is 0. The normalized spacial score (nSPS) is 22.5. The van der Waals surface area contributed by atoms with E-state index in [1.54, 1.807) is 6.92 Å². The Balaban J connectivity index is 1.86. The quantitative estimate of drug-likeness (QED) is 0.686. The second-order valence-electron chi connectivity index (χ2n) is 4.59. The van der Waals surface area contributed by atoms with Crippen molar-refractivity contribution in [3.05, 3.63) is 0 Å². The number of ketones is 1. The molecule has 1 heterocycles. The lowest BCUT2D eigenvalue weighted by atomic mass is 9.95. The van der Waals surface area contributed by atoms with Gasteiger partial charge in [0.1, 0.15) is 11.2 Å². The lowest BCUT2D eigenvalue weighted by Crippen LogP contribution is -2.58.